The third-order valence-corrected chi connectivity index (χ3v) is 4.79. The third-order valence-electron chi connectivity index (χ3n) is 3.74. The summed E-state index contributed by atoms with van der Waals surface area (Å²) >= 11 is 1.05. The van der Waals surface area contributed by atoms with Crippen LogP contribution >= 0.6 is 11.3 Å². The Kier molecular flexibility index (Phi) is 4.45. The molecule has 0 spiro atoms. The molecule has 130 valence electrons. The van der Waals surface area contributed by atoms with Gasteiger partial charge in [-0.15, -0.1) is 0 Å². The van der Waals surface area contributed by atoms with Gasteiger partial charge in [-0.05, 0) is 32.0 Å². The fourth-order valence-corrected chi connectivity index (χ4v) is 3.31. The highest BCUT2D eigenvalue weighted by Crippen LogP contribution is 2.30. The van der Waals surface area contributed by atoms with E-state index in [0.29, 0.717) is 32.6 Å². The Labute approximate surface area is 147 Å². The molecule has 0 atom stereocenters. The van der Waals surface area contributed by atoms with Crippen LogP contribution in [0.25, 0.3) is 11.0 Å². The Balaban J connectivity index is 1.90. The van der Waals surface area contributed by atoms with Crippen LogP contribution in [-0.2, 0) is 4.74 Å². The number of furan rings is 1. The van der Waals surface area contributed by atoms with Crippen molar-refractivity contribution < 1.29 is 23.5 Å². The van der Waals surface area contributed by atoms with E-state index in [-0.39, 0.29) is 5.76 Å². The van der Waals surface area contributed by atoms with Crippen molar-refractivity contribution in [3.63, 3.8) is 0 Å². The maximum atomic E-state index is 12.5. The minimum Gasteiger partial charge on any atom is -0.497 e. The van der Waals surface area contributed by atoms with Crippen molar-refractivity contribution in [2.24, 2.45) is 0 Å². The first-order valence-corrected chi connectivity index (χ1v) is 8.20. The number of carbonyl (C=O) groups excluding carboxylic acids is 2. The molecule has 0 aliphatic rings. The lowest BCUT2D eigenvalue weighted by Crippen LogP contribution is -2.11. The molecular formula is C17H16N2O5S. The average Bonchev–Trinajstić information content (AvgIpc) is 3.14. The molecule has 25 heavy (non-hydrogen) atoms. The molecule has 0 aliphatic carbocycles. The van der Waals surface area contributed by atoms with Gasteiger partial charge >= 0.3 is 5.97 Å². The van der Waals surface area contributed by atoms with Gasteiger partial charge in [0.15, 0.2) is 10.9 Å². The number of amides is 1. The van der Waals surface area contributed by atoms with Gasteiger partial charge in [0.2, 0.25) is 0 Å². The molecule has 2 heterocycles. The number of rotatable bonds is 4. The fraction of sp³-hybridized carbons (Fsp3) is 0.235. The Bertz CT molecular complexity index is 973. The number of esters is 1. The van der Waals surface area contributed by atoms with Gasteiger partial charge < -0.3 is 13.9 Å². The van der Waals surface area contributed by atoms with Crippen molar-refractivity contribution in [2.75, 3.05) is 19.5 Å². The molecule has 0 saturated heterocycles. The van der Waals surface area contributed by atoms with Gasteiger partial charge in [-0.3, -0.25) is 10.1 Å². The number of anilines is 1. The second kappa shape index (κ2) is 6.56. The van der Waals surface area contributed by atoms with Crippen molar-refractivity contribution in [3.8, 4) is 5.75 Å². The van der Waals surface area contributed by atoms with Crippen molar-refractivity contribution >= 4 is 39.3 Å². The summed E-state index contributed by atoms with van der Waals surface area (Å²) in [5, 5.41) is 3.77. The number of benzene rings is 1. The molecule has 3 aromatic rings. The molecule has 0 bridgehead atoms. The van der Waals surface area contributed by atoms with Crippen LogP contribution in [0, 0.1) is 13.8 Å². The van der Waals surface area contributed by atoms with Crippen molar-refractivity contribution in [3.05, 3.63) is 40.1 Å². The number of aryl methyl sites for hydroxylation is 2. The number of nitrogens with zero attached hydrogens (tertiary/aromatic N) is 1. The number of ether oxygens (including phenoxy) is 2. The molecule has 0 fully saturated rings. The van der Waals surface area contributed by atoms with Crippen LogP contribution in [0.4, 0.5) is 5.13 Å². The van der Waals surface area contributed by atoms with Gasteiger partial charge in [-0.1, -0.05) is 11.3 Å². The minimum atomic E-state index is -0.484. The highest BCUT2D eigenvalue weighted by Gasteiger charge is 2.21. The number of carbonyl (C=O) groups is 2. The van der Waals surface area contributed by atoms with Gasteiger partial charge in [0.1, 0.15) is 16.2 Å². The van der Waals surface area contributed by atoms with Crippen molar-refractivity contribution in [1.82, 2.24) is 4.98 Å². The molecule has 7 nitrogen and oxygen atoms in total. The first-order valence-electron chi connectivity index (χ1n) is 7.38. The molecule has 0 aliphatic heterocycles. The van der Waals surface area contributed by atoms with Crippen LogP contribution in [-0.4, -0.2) is 31.1 Å². The highest BCUT2D eigenvalue weighted by molar-refractivity contribution is 7.17. The molecule has 1 aromatic carbocycles. The summed E-state index contributed by atoms with van der Waals surface area (Å²) in [4.78, 5) is 28.7. The zero-order chi connectivity index (χ0) is 18.1. The third kappa shape index (κ3) is 3.08. The lowest BCUT2D eigenvalue weighted by atomic mass is 10.1. The minimum absolute atomic E-state index is 0.190. The van der Waals surface area contributed by atoms with Gasteiger partial charge in [0, 0.05) is 10.9 Å². The Morgan fingerprint density at radius 1 is 1.24 bits per heavy atom. The fourth-order valence-electron chi connectivity index (χ4n) is 2.43. The zero-order valence-corrected chi connectivity index (χ0v) is 14.9. The van der Waals surface area contributed by atoms with E-state index < -0.39 is 11.9 Å². The summed E-state index contributed by atoms with van der Waals surface area (Å²) in [5.41, 5.74) is 1.79. The molecule has 2 aromatic heterocycles. The maximum Gasteiger partial charge on any atom is 0.350 e. The van der Waals surface area contributed by atoms with E-state index >= 15 is 0 Å². The van der Waals surface area contributed by atoms with E-state index in [1.807, 2.05) is 6.07 Å². The molecule has 0 saturated carbocycles. The van der Waals surface area contributed by atoms with Crippen LogP contribution in [0.5, 0.6) is 5.75 Å². The lowest BCUT2D eigenvalue weighted by molar-refractivity contribution is 0.0605. The van der Waals surface area contributed by atoms with E-state index in [9.17, 15) is 9.59 Å². The monoisotopic (exact) mass is 360 g/mol. The highest BCUT2D eigenvalue weighted by atomic mass is 32.1. The Morgan fingerprint density at radius 2 is 2.00 bits per heavy atom. The second-order valence-corrected chi connectivity index (χ2v) is 6.30. The zero-order valence-electron chi connectivity index (χ0n) is 14.1. The van der Waals surface area contributed by atoms with Crippen molar-refractivity contribution in [2.45, 2.75) is 13.8 Å². The van der Waals surface area contributed by atoms with E-state index in [2.05, 4.69) is 15.0 Å². The molecule has 8 heteroatoms. The Morgan fingerprint density at radius 3 is 2.68 bits per heavy atom. The maximum absolute atomic E-state index is 12.5. The number of aromatic nitrogens is 1. The van der Waals surface area contributed by atoms with Gasteiger partial charge in [-0.25, -0.2) is 9.78 Å². The van der Waals surface area contributed by atoms with Crippen LogP contribution in [0.2, 0.25) is 0 Å². The summed E-state index contributed by atoms with van der Waals surface area (Å²) in [5.74, 6) is -0.0438. The predicted octanol–water partition coefficient (Wildman–Crippen LogP) is 3.55. The normalized spacial score (nSPS) is 10.7. The lowest BCUT2D eigenvalue weighted by Gasteiger charge is -1.99. The van der Waals surface area contributed by atoms with Crippen LogP contribution in [0.3, 0.4) is 0 Å². The van der Waals surface area contributed by atoms with Gasteiger partial charge in [0.05, 0.1) is 19.9 Å². The van der Waals surface area contributed by atoms with Crippen LogP contribution in [0.15, 0.2) is 22.6 Å². The number of hydrogen-bond donors (Lipinski definition) is 1. The number of hydrogen-bond acceptors (Lipinski definition) is 7. The molecular weight excluding hydrogens is 344 g/mol. The second-order valence-electron chi connectivity index (χ2n) is 5.30. The number of fused-ring (bicyclic) bond motifs is 1. The van der Waals surface area contributed by atoms with Crippen molar-refractivity contribution in [1.29, 1.82) is 0 Å². The summed E-state index contributed by atoms with van der Waals surface area (Å²) in [7, 11) is 2.87. The van der Waals surface area contributed by atoms with Crippen LogP contribution in [0.1, 0.15) is 31.5 Å². The largest absolute Gasteiger partial charge is 0.497 e. The summed E-state index contributed by atoms with van der Waals surface area (Å²) in [6, 6.07) is 5.33. The molecule has 1 amide bonds. The number of methoxy groups -OCH3 is 2. The number of nitrogens with one attached hydrogen (secondary N) is 1. The van der Waals surface area contributed by atoms with Gasteiger partial charge in [-0.2, -0.15) is 0 Å². The first-order chi connectivity index (χ1) is 11.9. The van der Waals surface area contributed by atoms with E-state index in [1.54, 1.807) is 33.1 Å². The Hall–Kier alpha value is -2.87. The summed E-state index contributed by atoms with van der Waals surface area (Å²) < 4.78 is 15.5. The summed E-state index contributed by atoms with van der Waals surface area (Å²) in [6.07, 6.45) is 0. The molecule has 3 rings (SSSR count). The van der Waals surface area contributed by atoms with Crippen LogP contribution < -0.4 is 10.1 Å². The summed E-state index contributed by atoms with van der Waals surface area (Å²) in [6.45, 7) is 3.48. The standard InChI is InChI=1S/C17H16N2O5S/c1-8-11-7-10(22-3)5-6-12(11)24-13(8)15(20)19-17-18-9(2)14(25-17)16(21)23-4/h5-7H,1-4H3,(H,18,19,20). The van der Waals surface area contributed by atoms with E-state index in [1.165, 1.54) is 7.11 Å². The average molecular weight is 360 g/mol. The van der Waals surface area contributed by atoms with E-state index in [4.69, 9.17) is 9.15 Å². The van der Waals surface area contributed by atoms with Gasteiger partial charge in [0.25, 0.3) is 5.91 Å². The quantitative estimate of drug-likeness (QED) is 0.716. The SMILES string of the molecule is COC(=O)c1sc(NC(=O)c2oc3ccc(OC)cc3c2C)nc1C. The molecule has 0 unspecified atom stereocenters. The number of thiazole rings is 1. The topological polar surface area (TPSA) is 90.7 Å². The molecule has 1 N–H and O–H groups in total. The smallest absolute Gasteiger partial charge is 0.350 e. The first kappa shape index (κ1) is 17.0. The van der Waals surface area contributed by atoms with E-state index in [0.717, 1.165) is 16.7 Å². The predicted molar refractivity (Wildman–Crippen MR) is 93.6 cm³/mol. The molecule has 0 radical (unpaired) electrons.